The Hall–Kier alpha value is -0.610. The van der Waals surface area contributed by atoms with E-state index in [-0.39, 0.29) is 0 Å². The van der Waals surface area contributed by atoms with E-state index in [2.05, 4.69) is 18.7 Å². The van der Waals surface area contributed by atoms with Crippen LogP contribution in [-0.2, 0) is 4.79 Å². The average molecular weight is 215 g/mol. The number of primary amides is 1. The van der Waals surface area contributed by atoms with E-state index in [1.54, 1.807) is 6.92 Å². The highest BCUT2D eigenvalue weighted by atomic mass is 16.1. The quantitative estimate of drug-likeness (QED) is 0.651. The molecule has 1 amide bonds. The van der Waals surface area contributed by atoms with Crippen LogP contribution < -0.4 is 11.5 Å². The van der Waals surface area contributed by atoms with Crippen LogP contribution in [0.1, 0.15) is 33.6 Å². The number of hydrogen-bond donors (Lipinski definition) is 2. The lowest BCUT2D eigenvalue weighted by Crippen LogP contribution is -2.51. The summed E-state index contributed by atoms with van der Waals surface area (Å²) in [7, 11) is 2.04. The molecule has 1 atom stereocenters. The summed E-state index contributed by atoms with van der Waals surface area (Å²) in [6.45, 7) is 7.93. The van der Waals surface area contributed by atoms with E-state index < -0.39 is 11.4 Å². The van der Waals surface area contributed by atoms with Gasteiger partial charge in [0.05, 0.1) is 5.54 Å². The number of carbonyl (C=O) groups excluding carboxylic acids is 1. The summed E-state index contributed by atoms with van der Waals surface area (Å²) in [5, 5.41) is 0. The van der Waals surface area contributed by atoms with Crippen molar-refractivity contribution in [2.24, 2.45) is 17.4 Å². The molecule has 90 valence electrons. The van der Waals surface area contributed by atoms with Crippen molar-refractivity contribution >= 4 is 5.91 Å². The largest absolute Gasteiger partial charge is 0.368 e. The van der Waals surface area contributed by atoms with Gasteiger partial charge < -0.3 is 16.4 Å². The summed E-state index contributed by atoms with van der Waals surface area (Å²) in [5.74, 6) is 0.271. The Balaban J connectivity index is 3.80. The first-order valence-electron chi connectivity index (χ1n) is 5.53. The van der Waals surface area contributed by atoms with Crippen molar-refractivity contribution < 1.29 is 4.79 Å². The smallest absolute Gasteiger partial charge is 0.237 e. The molecular weight excluding hydrogens is 190 g/mol. The van der Waals surface area contributed by atoms with Crippen LogP contribution in [0.4, 0.5) is 0 Å². The molecule has 0 fully saturated rings. The van der Waals surface area contributed by atoms with E-state index in [0.29, 0.717) is 12.3 Å². The molecule has 0 aliphatic rings. The van der Waals surface area contributed by atoms with Crippen molar-refractivity contribution in [3.8, 4) is 0 Å². The summed E-state index contributed by atoms with van der Waals surface area (Å²) in [4.78, 5) is 13.2. The molecule has 0 saturated carbocycles. The Morgan fingerprint density at radius 3 is 2.33 bits per heavy atom. The van der Waals surface area contributed by atoms with Gasteiger partial charge in [0.2, 0.25) is 5.91 Å². The lowest BCUT2D eigenvalue weighted by Gasteiger charge is -2.24. The van der Waals surface area contributed by atoms with Gasteiger partial charge in [0.25, 0.3) is 0 Å². The zero-order chi connectivity index (χ0) is 12.1. The minimum Gasteiger partial charge on any atom is -0.368 e. The van der Waals surface area contributed by atoms with Crippen LogP contribution in [0.5, 0.6) is 0 Å². The van der Waals surface area contributed by atoms with Gasteiger partial charge >= 0.3 is 0 Å². The minimum atomic E-state index is -0.883. The first-order valence-corrected chi connectivity index (χ1v) is 5.53. The SMILES string of the molecule is CC(C)CCN(C)CCC(C)(N)C(N)=O. The summed E-state index contributed by atoms with van der Waals surface area (Å²) in [6, 6.07) is 0. The summed E-state index contributed by atoms with van der Waals surface area (Å²) in [6.07, 6.45) is 1.77. The highest BCUT2D eigenvalue weighted by Gasteiger charge is 2.25. The minimum absolute atomic E-state index is 0.431. The molecule has 0 saturated heterocycles. The van der Waals surface area contributed by atoms with Gasteiger partial charge in [-0.2, -0.15) is 0 Å². The normalized spacial score (nSPS) is 15.7. The van der Waals surface area contributed by atoms with Crippen molar-refractivity contribution in [3.63, 3.8) is 0 Å². The van der Waals surface area contributed by atoms with Crippen LogP contribution in [0.2, 0.25) is 0 Å². The van der Waals surface area contributed by atoms with Gasteiger partial charge in [-0.3, -0.25) is 4.79 Å². The van der Waals surface area contributed by atoms with E-state index in [9.17, 15) is 4.79 Å². The number of carbonyl (C=O) groups is 1. The third kappa shape index (κ3) is 6.47. The maximum atomic E-state index is 11.0. The molecule has 4 nitrogen and oxygen atoms in total. The van der Waals surface area contributed by atoms with Gasteiger partial charge in [0, 0.05) is 6.54 Å². The van der Waals surface area contributed by atoms with Crippen LogP contribution in [0.3, 0.4) is 0 Å². The molecule has 4 N–H and O–H groups in total. The zero-order valence-corrected chi connectivity index (χ0v) is 10.4. The first-order chi connectivity index (χ1) is 6.75. The molecule has 1 unspecified atom stereocenters. The van der Waals surface area contributed by atoms with Gasteiger partial charge in [0.1, 0.15) is 0 Å². The fraction of sp³-hybridized carbons (Fsp3) is 0.909. The van der Waals surface area contributed by atoms with E-state index in [4.69, 9.17) is 11.5 Å². The second-order valence-electron chi connectivity index (χ2n) is 5.02. The molecule has 0 heterocycles. The van der Waals surface area contributed by atoms with Gasteiger partial charge in [0.15, 0.2) is 0 Å². The van der Waals surface area contributed by atoms with Gasteiger partial charge in [-0.15, -0.1) is 0 Å². The number of nitrogens with zero attached hydrogens (tertiary/aromatic N) is 1. The molecule has 0 rings (SSSR count). The third-order valence-electron chi connectivity index (χ3n) is 2.66. The van der Waals surface area contributed by atoms with Crippen molar-refractivity contribution in [1.82, 2.24) is 4.90 Å². The Labute approximate surface area is 93.0 Å². The molecule has 0 spiro atoms. The Bertz CT molecular complexity index is 202. The van der Waals surface area contributed by atoms with Crippen LogP contribution in [0.25, 0.3) is 0 Å². The highest BCUT2D eigenvalue weighted by Crippen LogP contribution is 2.07. The second-order valence-corrected chi connectivity index (χ2v) is 5.02. The van der Waals surface area contributed by atoms with Crippen molar-refractivity contribution in [3.05, 3.63) is 0 Å². The Morgan fingerprint density at radius 1 is 1.40 bits per heavy atom. The second kappa shape index (κ2) is 6.08. The molecule has 0 aromatic carbocycles. The molecule has 15 heavy (non-hydrogen) atoms. The topological polar surface area (TPSA) is 72.3 Å². The lowest BCUT2D eigenvalue weighted by molar-refractivity contribution is -0.122. The van der Waals surface area contributed by atoms with E-state index in [1.165, 1.54) is 0 Å². The predicted octanol–water partition coefficient (Wildman–Crippen LogP) is 0.557. The number of hydrogen-bond acceptors (Lipinski definition) is 3. The fourth-order valence-electron chi connectivity index (χ4n) is 1.14. The highest BCUT2D eigenvalue weighted by molar-refractivity contribution is 5.83. The maximum Gasteiger partial charge on any atom is 0.237 e. The molecule has 4 heteroatoms. The first kappa shape index (κ1) is 14.4. The Kier molecular flexibility index (Phi) is 5.83. The molecule has 0 bridgehead atoms. The zero-order valence-electron chi connectivity index (χ0n) is 10.4. The monoisotopic (exact) mass is 215 g/mol. The summed E-state index contributed by atoms with van der Waals surface area (Å²) >= 11 is 0. The maximum absolute atomic E-state index is 11.0. The van der Waals surface area contributed by atoms with Crippen LogP contribution in [0, 0.1) is 5.92 Å². The van der Waals surface area contributed by atoms with Gasteiger partial charge in [-0.1, -0.05) is 13.8 Å². The third-order valence-corrected chi connectivity index (χ3v) is 2.66. The van der Waals surface area contributed by atoms with E-state index in [1.807, 2.05) is 7.05 Å². The van der Waals surface area contributed by atoms with Crippen molar-refractivity contribution in [1.29, 1.82) is 0 Å². The molecule has 0 aromatic rings. The lowest BCUT2D eigenvalue weighted by atomic mass is 9.98. The molecule has 0 radical (unpaired) electrons. The number of rotatable bonds is 7. The molecule has 0 aliphatic carbocycles. The van der Waals surface area contributed by atoms with E-state index in [0.717, 1.165) is 19.5 Å². The van der Waals surface area contributed by atoms with Crippen molar-refractivity contribution in [2.75, 3.05) is 20.1 Å². The molecular formula is C11H25N3O. The molecule has 0 aliphatic heterocycles. The van der Waals surface area contributed by atoms with Crippen LogP contribution >= 0.6 is 0 Å². The van der Waals surface area contributed by atoms with Crippen LogP contribution in [0.15, 0.2) is 0 Å². The Morgan fingerprint density at radius 2 is 1.93 bits per heavy atom. The average Bonchev–Trinajstić information content (AvgIpc) is 2.11. The summed E-state index contributed by atoms with van der Waals surface area (Å²) < 4.78 is 0. The van der Waals surface area contributed by atoms with E-state index >= 15 is 0 Å². The number of amides is 1. The predicted molar refractivity (Wildman–Crippen MR) is 63.4 cm³/mol. The van der Waals surface area contributed by atoms with Crippen LogP contribution in [-0.4, -0.2) is 36.5 Å². The van der Waals surface area contributed by atoms with Crippen molar-refractivity contribution in [2.45, 2.75) is 39.2 Å². The number of nitrogens with two attached hydrogens (primary N) is 2. The fourth-order valence-corrected chi connectivity index (χ4v) is 1.14. The molecule has 0 aromatic heterocycles. The summed E-state index contributed by atoms with van der Waals surface area (Å²) in [5.41, 5.74) is 10.1. The standard InChI is InChI=1S/C11H25N3O/c1-9(2)5-7-14(4)8-6-11(3,13)10(12)15/h9H,5-8,13H2,1-4H3,(H2,12,15). The van der Waals surface area contributed by atoms with Gasteiger partial charge in [-0.25, -0.2) is 0 Å². The van der Waals surface area contributed by atoms with Gasteiger partial charge in [-0.05, 0) is 39.3 Å².